The van der Waals surface area contributed by atoms with Crippen molar-refractivity contribution >= 4 is 11.5 Å². The van der Waals surface area contributed by atoms with Crippen LogP contribution in [-0.4, -0.2) is 18.6 Å². The predicted octanol–water partition coefficient (Wildman–Crippen LogP) is 1.53. The number of fused-ring (bicyclic) bond motifs is 2. The van der Waals surface area contributed by atoms with E-state index in [1.165, 1.54) is 29.7 Å². The monoisotopic (exact) mass is 203 g/mol. The average molecular weight is 203 g/mol. The van der Waals surface area contributed by atoms with E-state index in [4.69, 9.17) is 10.7 Å². The molecule has 0 spiro atoms. The number of likely N-dealkylation sites (N-methyl/N-ethyl adjacent to an activating group) is 1. The van der Waals surface area contributed by atoms with Gasteiger partial charge in [0.2, 0.25) is 0 Å². The fourth-order valence-electron chi connectivity index (χ4n) is 2.75. The smallest absolute Gasteiger partial charge is 0.133 e. The van der Waals surface area contributed by atoms with Crippen molar-refractivity contribution in [3.05, 3.63) is 16.8 Å². The van der Waals surface area contributed by atoms with Crippen molar-refractivity contribution in [3.8, 4) is 0 Å². The molecule has 3 rings (SSSR count). The number of nitrogen functional groups attached to an aromatic ring is 1. The van der Waals surface area contributed by atoms with Crippen LogP contribution >= 0.6 is 0 Å². The Morgan fingerprint density at radius 1 is 1.13 bits per heavy atom. The van der Waals surface area contributed by atoms with Crippen molar-refractivity contribution < 1.29 is 0 Å². The van der Waals surface area contributed by atoms with E-state index in [1.54, 1.807) is 0 Å². The molecule has 0 saturated heterocycles. The van der Waals surface area contributed by atoms with Crippen LogP contribution in [0.4, 0.5) is 11.5 Å². The van der Waals surface area contributed by atoms with Crippen LogP contribution in [0.1, 0.15) is 29.7 Å². The van der Waals surface area contributed by atoms with Crippen LogP contribution in [0.15, 0.2) is 0 Å². The molecule has 80 valence electrons. The minimum absolute atomic E-state index is 1.04. The molecule has 0 unspecified atom stereocenters. The van der Waals surface area contributed by atoms with E-state index in [2.05, 4.69) is 11.9 Å². The van der Waals surface area contributed by atoms with E-state index in [0.29, 0.717) is 0 Å². The van der Waals surface area contributed by atoms with E-state index >= 15 is 0 Å². The molecule has 0 atom stereocenters. The summed E-state index contributed by atoms with van der Waals surface area (Å²) in [5, 5.41) is 0. The molecule has 2 N–H and O–H groups in total. The number of pyridine rings is 1. The Labute approximate surface area is 90.3 Å². The van der Waals surface area contributed by atoms with Crippen molar-refractivity contribution in [2.75, 3.05) is 24.2 Å². The Kier molecular flexibility index (Phi) is 1.87. The maximum Gasteiger partial charge on any atom is 0.133 e. The van der Waals surface area contributed by atoms with Crippen LogP contribution < -0.4 is 10.6 Å². The van der Waals surface area contributed by atoms with Gasteiger partial charge < -0.3 is 10.6 Å². The summed E-state index contributed by atoms with van der Waals surface area (Å²) in [4.78, 5) is 7.00. The third-order valence-corrected chi connectivity index (χ3v) is 3.66. The van der Waals surface area contributed by atoms with Crippen LogP contribution in [-0.2, 0) is 19.3 Å². The van der Waals surface area contributed by atoms with Gasteiger partial charge in [-0.15, -0.1) is 0 Å². The maximum absolute atomic E-state index is 6.25. The first-order valence-corrected chi connectivity index (χ1v) is 5.78. The van der Waals surface area contributed by atoms with E-state index in [9.17, 15) is 0 Å². The molecule has 0 bridgehead atoms. The van der Waals surface area contributed by atoms with Crippen molar-refractivity contribution in [1.29, 1.82) is 0 Å². The first-order chi connectivity index (χ1) is 7.27. The third-order valence-electron chi connectivity index (χ3n) is 3.66. The Hall–Kier alpha value is -1.25. The second kappa shape index (κ2) is 3.12. The zero-order valence-electron chi connectivity index (χ0n) is 9.21. The van der Waals surface area contributed by atoms with E-state index in [0.717, 1.165) is 37.3 Å². The Bertz CT molecular complexity index is 408. The molecule has 0 fully saturated rings. The Morgan fingerprint density at radius 3 is 2.80 bits per heavy atom. The van der Waals surface area contributed by atoms with Crippen LogP contribution in [0.3, 0.4) is 0 Å². The molecular formula is C12H17N3. The molecule has 3 nitrogen and oxygen atoms in total. The van der Waals surface area contributed by atoms with Gasteiger partial charge in [-0.25, -0.2) is 4.98 Å². The molecule has 0 aromatic carbocycles. The van der Waals surface area contributed by atoms with Gasteiger partial charge in [-0.3, -0.25) is 0 Å². The normalized spacial score (nSPS) is 18.9. The van der Waals surface area contributed by atoms with E-state index < -0.39 is 0 Å². The fourth-order valence-corrected chi connectivity index (χ4v) is 2.75. The van der Waals surface area contributed by atoms with Gasteiger partial charge in [-0.2, -0.15) is 0 Å². The zero-order chi connectivity index (χ0) is 10.4. The minimum Gasteiger partial charge on any atom is -0.398 e. The third kappa shape index (κ3) is 1.22. The minimum atomic E-state index is 1.04. The van der Waals surface area contributed by atoms with Gasteiger partial charge in [0.05, 0.1) is 0 Å². The lowest BCUT2D eigenvalue weighted by molar-refractivity contribution is 0.669. The highest BCUT2D eigenvalue weighted by Gasteiger charge is 2.25. The molecule has 2 heterocycles. The number of nitrogens with two attached hydrogens (primary N) is 1. The quantitative estimate of drug-likeness (QED) is 0.695. The van der Waals surface area contributed by atoms with Crippen molar-refractivity contribution in [2.45, 2.75) is 32.1 Å². The zero-order valence-corrected chi connectivity index (χ0v) is 9.21. The summed E-state index contributed by atoms with van der Waals surface area (Å²) in [6.45, 7) is 1.06. The summed E-state index contributed by atoms with van der Waals surface area (Å²) in [6.07, 6.45) is 5.85. The SMILES string of the molecule is CN1CCc2c1nc1c(c2N)CCCC1. The fraction of sp³-hybridized carbons (Fsp3) is 0.583. The molecule has 1 aromatic rings. The van der Waals surface area contributed by atoms with Crippen LogP contribution in [0.2, 0.25) is 0 Å². The number of hydrogen-bond donors (Lipinski definition) is 1. The standard InChI is InChI=1S/C12H17N3/c1-15-7-6-9-11(13)8-4-2-3-5-10(8)14-12(9)15/h2-7H2,1H3,(H2,13,14). The highest BCUT2D eigenvalue weighted by Crippen LogP contribution is 2.36. The lowest BCUT2D eigenvalue weighted by Crippen LogP contribution is -2.16. The number of anilines is 2. The summed E-state index contributed by atoms with van der Waals surface area (Å²) in [5.74, 6) is 1.13. The van der Waals surface area contributed by atoms with Gasteiger partial charge >= 0.3 is 0 Å². The largest absolute Gasteiger partial charge is 0.398 e. The Morgan fingerprint density at radius 2 is 1.93 bits per heavy atom. The molecule has 0 saturated carbocycles. The summed E-state index contributed by atoms with van der Waals surface area (Å²) >= 11 is 0. The van der Waals surface area contributed by atoms with Gasteiger partial charge in [0.1, 0.15) is 5.82 Å². The first-order valence-electron chi connectivity index (χ1n) is 5.78. The van der Waals surface area contributed by atoms with E-state index in [-0.39, 0.29) is 0 Å². The molecule has 0 radical (unpaired) electrons. The number of nitrogens with zero attached hydrogens (tertiary/aromatic N) is 2. The molecular weight excluding hydrogens is 186 g/mol. The lowest BCUT2D eigenvalue weighted by Gasteiger charge is -2.20. The molecule has 1 aliphatic heterocycles. The molecule has 3 heteroatoms. The number of aromatic nitrogens is 1. The first kappa shape index (κ1) is 9.01. The van der Waals surface area contributed by atoms with Gasteiger partial charge in [0.25, 0.3) is 0 Å². The highest BCUT2D eigenvalue weighted by molar-refractivity contribution is 5.68. The summed E-state index contributed by atoms with van der Waals surface area (Å²) in [6, 6.07) is 0. The topological polar surface area (TPSA) is 42.2 Å². The van der Waals surface area contributed by atoms with Crippen LogP contribution in [0.25, 0.3) is 0 Å². The van der Waals surface area contributed by atoms with Gasteiger partial charge in [0.15, 0.2) is 0 Å². The molecule has 1 aliphatic carbocycles. The average Bonchev–Trinajstić information content (AvgIpc) is 2.62. The molecule has 0 amide bonds. The molecule has 2 aliphatic rings. The van der Waals surface area contributed by atoms with Crippen molar-refractivity contribution in [1.82, 2.24) is 4.98 Å². The van der Waals surface area contributed by atoms with Crippen molar-refractivity contribution in [3.63, 3.8) is 0 Å². The van der Waals surface area contributed by atoms with Crippen LogP contribution in [0, 0.1) is 0 Å². The highest BCUT2D eigenvalue weighted by atomic mass is 15.2. The number of aryl methyl sites for hydroxylation is 1. The summed E-state index contributed by atoms with van der Waals surface area (Å²) in [7, 11) is 2.10. The Balaban J connectivity index is 2.20. The predicted molar refractivity (Wildman–Crippen MR) is 62.3 cm³/mol. The number of hydrogen-bond acceptors (Lipinski definition) is 3. The second-order valence-corrected chi connectivity index (χ2v) is 4.63. The van der Waals surface area contributed by atoms with Gasteiger partial charge in [-0.1, -0.05) is 0 Å². The van der Waals surface area contributed by atoms with Gasteiger partial charge in [-0.05, 0) is 37.7 Å². The maximum atomic E-state index is 6.25. The number of rotatable bonds is 0. The van der Waals surface area contributed by atoms with Gasteiger partial charge in [0, 0.05) is 30.5 Å². The summed E-state index contributed by atoms with van der Waals surface area (Å²) < 4.78 is 0. The molecule has 1 aromatic heterocycles. The second-order valence-electron chi connectivity index (χ2n) is 4.63. The van der Waals surface area contributed by atoms with Crippen molar-refractivity contribution in [2.24, 2.45) is 0 Å². The summed E-state index contributed by atoms with van der Waals surface area (Å²) in [5.41, 5.74) is 11.2. The molecule has 15 heavy (non-hydrogen) atoms. The van der Waals surface area contributed by atoms with Crippen LogP contribution in [0.5, 0.6) is 0 Å². The lowest BCUT2D eigenvalue weighted by atomic mass is 9.93. The van der Waals surface area contributed by atoms with E-state index in [1.807, 2.05) is 0 Å².